The van der Waals surface area contributed by atoms with Gasteiger partial charge in [-0.2, -0.15) is 70.2 Å². The van der Waals surface area contributed by atoms with Gasteiger partial charge in [-0.05, 0) is 18.1 Å². The molecule has 1 unspecified atom stereocenters. The van der Waals surface area contributed by atoms with Gasteiger partial charge in [-0.15, -0.1) is 0 Å². The highest BCUT2D eigenvalue weighted by molar-refractivity contribution is 6.73. The summed E-state index contributed by atoms with van der Waals surface area (Å²) in [6.07, 6.45) is -16.6. The zero-order chi connectivity index (χ0) is 26.9. The Morgan fingerprint density at radius 1 is 0.545 bits per heavy atom. The SMILES string of the molecule is CCC[Si](CCC(F)(F)F)(CCC(F)(F)C(F)(F)C(F)(F)C(F)(F)C(F)(F)C(F)(F)F)OC. The first-order valence-corrected chi connectivity index (χ1v) is 11.4. The van der Waals surface area contributed by atoms with Crippen molar-refractivity contribution in [3.05, 3.63) is 0 Å². The van der Waals surface area contributed by atoms with Crippen molar-refractivity contribution in [2.24, 2.45) is 0 Å². The second-order valence-electron chi connectivity index (χ2n) is 7.25. The van der Waals surface area contributed by atoms with E-state index in [1.165, 1.54) is 6.92 Å². The van der Waals surface area contributed by atoms with Gasteiger partial charge in [0.2, 0.25) is 0 Å². The Balaban J connectivity index is 6.10. The Labute approximate surface area is 177 Å². The molecule has 0 fully saturated rings. The van der Waals surface area contributed by atoms with Gasteiger partial charge in [-0.25, -0.2) is 0 Å². The van der Waals surface area contributed by atoms with Crippen LogP contribution < -0.4 is 0 Å². The van der Waals surface area contributed by atoms with E-state index in [0.717, 1.165) is 7.11 Å². The van der Waals surface area contributed by atoms with E-state index in [2.05, 4.69) is 0 Å². The largest absolute Gasteiger partial charge is 0.460 e. The lowest BCUT2D eigenvalue weighted by molar-refractivity contribution is -0.439. The summed E-state index contributed by atoms with van der Waals surface area (Å²) in [4.78, 5) is 0. The Morgan fingerprint density at radius 3 is 1.27 bits per heavy atom. The van der Waals surface area contributed by atoms with E-state index in [9.17, 15) is 70.2 Å². The van der Waals surface area contributed by atoms with Crippen molar-refractivity contribution in [1.29, 1.82) is 0 Å². The molecule has 18 heteroatoms. The zero-order valence-electron chi connectivity index (χ0n) is 16.7. The van der Waals surface area contributed by atoms with Gasteiger partial charge in [0.15, 0.2) is 8.32 Å². The highest BCUT2D eigenvalue weighted by Gasteiger charge is 2.90. The summed E-state index contributed by atoms with van der Waals surface area (Å²) in [7, 11) is -3.31. The van der Waals surface area contributed by atoms with Gasteiger partial charge in [0.05, 0.1) is 0 Å². The molecule has 1 nitrogen and oxygen atoms in total. The monoisotopic (exact) mass is 546 g/mol. The minimum atomic E-state index is -8.01. The molecule has 0 heterocycles. The molecule has 0 bridgehead atoms. The summed E-state index contributed by atoms with van der Waals surface area (Å²) in [5.41, 5.74) is 0. The van der Waals surface area contributed by atoms with E-state index in [-0.39, 0.29) is 12.5 Å². The lowest BCUT2D eigenvalue weighted by Gasteiger charge is -2.40. The fourth-order valence-corrected chi connectivity index (χ4v) is 6.63. The first-order valence-electron chi connectivity index (χ1n) is 8.86. The lowest BCUT2D eigenvalue weighted by Crippen LogP contribution is -2.70. The molecule has 0 N–H and O–H groups in total. The Bertz CT molecular complexity index is 641. The standard InChI is InChI=1S/C15H18F16OSi/c1-3-6-33(32-2,8-5-10(18,19)20)7-4-9(16,17)11(21,22)12(23,24)13(25,26)14(27,28)15(29,30)31/h3-8H2,1-2H3. The maximum absolute atomic E-state index is 13.9. The molecule has 0 spiro atoms. The van der Waals surface area contributed by atoms with Crippen molar-refractivity contribution in [3.63, 3.8) is 0 Å². The average molecular weight is 546 g/mol. The highest BCUT2D eigenvalue weighted by atomic mass is 28.4. The third kappa shape index (κ3) is 6.20. The molecule has 1 atom stereocenters. The van der Waals surface area contributed by atoms with Crippen LogP contribution in [0.15, 0.2) is 0 Å². The molecule has 0 aromatic rings. The van der Waals surface area contributed by atoms with Crippen LogP contribution in [0, 0.1) is 0 Å². The van der Waals surface area contributed by atoms with E-state index in [1.54, 1.807) is 0 Å². The van der Waals surface area contributed by atoms with Crippen LogP contribution in [0.1, 0.15) is 26.2 Å². The van der Waals surface area contributed by atoms with Gasteiger partial charge in [-0.3, -0.25) is 0 Å². The van der Waals surface area contributed by atoms with Crippen LogP contribution >= 0.6 is 0 Å². The summed E-state index contributed by atoms with van der Waals surface area (Å²) in [5, 5.41) is 0. The van der Waals surface area contributed by atoms with Crippen LogP contribution in [0.2, 0.25) is 18.1 Å². The molecule has 0 aromatic carbocycles. The van der Waals surface area contributed by atoms with Crippen molar-refractivity contribution < 1.29 is 74.7 Å². The summed E-state index contributed by atoms with van der Waals surface area (Å²) in [6, 6.07) is -2.84. The van der Waals surface area contributed by atoms with Gasteiger partial charge in [0.25, 0.3) is 0 Å². The number of hydrogen-bond acceptors (Lipinski definition) is 1. The minimum absolute atomic E-state index is 0.0497. The first-order chi connectivity index (χ1) is 14.3. The second-order valence-corrected chi connectivity index (χ2v) is 11.5. The molecule has 0 aliphatic rings. The van der Waals surface area contributed by atoms with Crippen molar-refractivity contribution in [1.82, 2.24) is 0 Å². The Kier molecular flexibility index (Phi) is 9.33. The van der Waals surface area contributed by atoms with E-state index >= 15 is 0 Å². The second kappa shape index (κ2) is 9.60. The Hall–Kier alpha value is -0.943. The van der Waals surface area contributed by atoms with E-state index in [4.69, 9.17) is 4.43 Å². The fraction of sp³-hybridized carbons (Fsp3) is 1.00. The third-order valence-corrected chi connectivity index (χ3v) is 9.50. The number of rotatable bonds is 12. The van der Waals surface area contributed by atoms with Crippen molar-refractivity contribution >= 4 is 8.32 Å². The molecule has 0 saturated heterocycles. The van der Waals surface area contributed by atoms with Crippen molar-refractivity contribution in [3.8, 4) is 0 Å². The summed E-state index contributed by atoms with van der Waals surface area (Å²) in [6.45, 7) is 1.31. The van der Waals surface area contributed by atoms with Gasteiger partial charge >= 0.3 is 42.0 Å². The quantitative estimate of drug-likeness (QED) is 0.178. The number of halogens is 16. The smallest absolute Gasteiger partial charge is 0.420 e. The van der Waals surface area contributed by atoms with Gasteiger partial charge in [0, 0.05) is 20.0 Å². The van der Waals surface area contributed by atoms with Gasteiger partial charge < -0.3 is 4.43 Å². The maximum atomic E-state index is 13.9. The molecular formula is C15H18F16OSi. The third-order valence-electron chi connectivity index (χ3n) is 4.90. The number of alkyl halides is 16. The highest BCUT2D eigenvalue weighted by Crippen LogP contribution is 2.61. The van der Waals surface area contributed by atoms with Crippen LogP contribution in [0.25, 0.3) is 0 Å². The maximum Gasteiger partial charge on any atom is 0.460 e. The molecule has 0 radical (unpaired) electrons. The van der Waals surface area contributed by atoms with Crippen LogP contribution in [0.4, 0.5) is 70.2 Å². The molecule has 0 aromatic heterocycles. The average Bonchev–Trinajstić information content (AvgIpc) is 2.62. The summed E-state index contributed by atoms with van der Waals surface area (Å²) >= 11 is 0. The molecular weight excluding hydrogens is 528 g/mol. The summed E-state index contributed by atoms with van der Waals surface area (Å²) < 4.78 is 213. The van der Waals surface area contributed by atoms with E-state index in [0.29, 0.717) is 0 Å². The van der Waals surface area contributed by atoms with E-state index in [1.807, 2.05) is 0 Å². The van der Waals surface area contributed by atoms with Crippen LogP contribution in [0.5, 0.6) is 0 Å². The molecule has 0 saturated carbocycles. The van der Waals surface area contributed by atoms with Crippen LogP contribution in [-0.4, -0.2) is 57.4 Å². The first kappa shape index (κ1) is 32.1. The molecule has 0 amide bonds. The predicted molar refractivity (Wildman–Crippen MR) is 83.6 cm³/mol. The van der Waals surface area contributed by atoms with Crippen LogP contribution in [0.3, 0.4) is 0 Å². The normalized spacial score (nSPS) is 17.3. The van der Waals surface area contributed by atoms with Crippen molar-refractivity contribution in [2.75, 3.05) is 7.11 Å². The van der Waals surface area contributed by atoms with Gasteiger partial charge in [0.1, 0.15) is 0 Å². The minimum Gasteiger partial charge on any atom is -0.420 e. The molecule has 0 aliphatic heterocycles. The van der Waals surface area contributed by atoms with Crippen LogP contribution in [-0.2, 0) is 4.43 Å². The van der Waals surface area contributed by atoms with E-state index < -0.39 is 75.2 Å². The molecule has 33 heavy (non-hydrogen) atoms. The zero-order valence-corrected chi connectivity index (χ0v) is 17.7. The summed E-state index contributed by atoms with van der Waals surface area (Å²) in [5.74, 6) is -37.5. The fourth-order valence-electron chi connectivity index (χ4n) is 2.85. The molecule has 200 valence electrons. The topological polar surface area (TPSA) is 9.23 Å². The van der Waals surface area contributed by atoms with Gasteiger partial charge in [-0.1, -0.05) is 13.3 Å². The predicted octanol–water partition coefficient (Wildman–Crippen LogP) is 8.07. The van der Waals surface area contributed by atoms with Crippen molar-refractivity contribution in [2.45, 2.75) is 86.3 Å². The lowest BCUT2D eigenvalue weighted by atomic mass is 9.93. The molecule has 0 aliphatic carbocycles. The Morgan fingerprint density at radius 2 is 0.939 bits per heavy atom. The number of hydrogen-bond donors (Lipinski definition) is 0. The molecule has 0 rings (SSSR count).